The van der Waals surface area contributed by atoms with Crippen LogP contribution in [0.15, 0.2) is 16.6 Å². The van der Waals surface area contributed by atoms with Crippen LogP contribution in [-0.4, -0.2) is 29.2 Å². The van der Waals surface area contributed by atoms with Crippen molar-refractivity contribution in [3.8, 4) is 11.5 Å². The van der Waals surface area contributed by atoms with E-state index < -0.39 is 0 Å². The summed E-state index contributed by atoms with van der Waals surface area (Å²) in [4.78, 5) is 2.41. The van der Waals surface area contributed by atoms with Crippen LogP contribution in [0.4, 0.5) is 0 Å². The molecule has 4 heteroatoms. The lowest BCUT2D eigenvalue weighted by Gasteiger charge is -2.26. The zero-order valence-corrected chi connectivity index (χ0v) is 13.8. The maximum Gasteiger partial charge on any atom is 0.172 e. The highest BCUT2D eigenvalue weighted by Gasteiger charge is 2.13. The summed E-state index contributed by atoms with van der Waals surface area (Å²) in [5.74, 6) is 0.726. The highest BCUT2D eigenvalue weighted by Crippen LogP contribution is 2.35. The Labute approximate surface area is 124 Å². The summed E-state index contributed by atoms with van der Waals surface area (Å²) in [6, 6.07) is 4.39. The molecule has 0 saturated heterocycles. The molecule has 0 amide bonds. The largest absolute Gasteiger partial charge is 0.503 e. The SMILES string of the molecule is CCCN(Cc1cc(Br)c(O)c(OCC)c1)C(C)C. The van der Waals surface area contributed by atoms with Gasteiger partial charge in [-0.25, -0.2) is 0 Å². The minimum Gasteiger partial charge on any atom is -0.503 e. The van der Waals surface area contributed by atoms with E-state index in [2.05, 4.69) is 41.6 Å². The summed E-state index contributed by atoms with van der Waals surface area (Å²) in [5.41, 5.74) is 1.15. The Morgan fingerprint density at radius 1 is 1.32 bits per heavy atom. The average molecular weight is 330 g/mol. The smallest absolute Gasteiger partial charge is 0.172 e. The number of benzene rings is 1. The van der Waals surface area contributed by atoms with E-state index in [4.69, 9.17) is 4.74 Å². The summed E-state index contributed by atoms with van der Waals surface area (Å²) >= 11 is 3.38. The lowest BCUT2D eigenvalue weighted by molar-refractivity contribution is 0.212. The molecule has 0 aliphatic rings. The van der Waals surface area contributed by atoms with Gasteiger partial charge in [-0.3, -0.25) is 4.90 Å². The third-order valence-corrected chi connectivity index (χ3v) is 3.62. The minimum atomic E-state index is 0.178. The highest BCUT2D eigenvalue weighted by atomic mass is 79.9. The zero-order chi connectivity index (χ0) is 14.4. The molecule has 1 aromatic carbocycles. The molecule has 1 rings (SSSR count). The van der Waals surface area contributed by atoms with E-state index in [-0.39, 0.29) is 5.75 Å². The number of halogens is 1. The number of ether oxygens (including phenoxy) is 1. The first kappa shape index (κ1) is 16.3. The molecule has 0 bridgehead atoms. The Bertz CT molecular complexity index is 407. The van der Waals surface area contributed by atoms with Crippen LogP contribution < -0.4 is 4.74 Å². The molecule has 0 atom stereocenters. The van der Waals surface area contributed by atoms with Gasteiger partial charge in [-0.15, -0.1) is 0 Å². The molecule has 0 fully saturated rings. The molecule has 19 heavy (non-hydrogen) atoms. The van der Waals surface area contributed by atoms with Crippen molar-refractivity contribution in [2.24, 2.45) is 0 Å². The van der Waals surface area contributed by atoms with Crippen LogP contribution in [-0.2, 0) is 6.54 Å². The number of nitrogens with zero attached hydrogens (tertiary/aromatic N) is 1. The molecule has 0 radical (unpaired) electrons. The average Bonchev–Trinajstić information content (AvgIpc) is 2.35. The zero-order valence-electron chi connectivity index (χ0n) is 12.2. The Balaban J connectivity index is 2.93. The maximum absolute atomic E-state index is 9.91. The van der Waals surface area contributed by atoms with E-state index in [0.29, 0.717) is 22.9 Å². The van der Waals surface area contributed by atoms with Crippen LogP contribution >= 0.6 is 15.9 Å². The van der Waals surface area contributed by atoms with Crippen molar-refractivity contribution < 1.29 is 9.84 Å². The van der Waals surface area contributed by atoms with Crippen LogP contribution in [0.5, 0.6) is 11.5 Å². The van der Waals surface area contributed by atoms with E-state index in [1.807, 2.05) is 19.1 Å². The van der Waals surface area contributed by atoms with Gasteiger partial charge in [-0.05, 0) is 67.4 Å². The maximum atomic E-state index is 9.91. The van der Waals surface area contributed by atoms with Crippen molar-refractivity contribution in [2.75, 3.05) is 13.2 Å². The van der Waals surface area contributed by atoms with Crippen molar-refractivity contribution in [1.82, 2.24) is 4.90 Å². The Kier molecular flexibility index (Phi) is 6.66. The third kappa shape index (κ3) is 4.69. The monoisotopic (exact) mass is 329 g/mol. The van der Waals surface area contributed by atoms with Gasteiger partial charge in [0, 0.05) is 12.6 Å². The molecule has 0 aliphatic carbocycles. The number of rotatable bonds is 7. The second-order valence-corrected chi connectivity index (χ2v) is 5.78. The lowest BCUT2D eigenvalue weighted by atomic mass is 10.1. The van der Waals surface area contributed by atoms with Gasteiger partial charge in [0.15, 0.2) is 11.5 Å². The Hall–Kier alpha value is -0.740. The number of aromatic hydroxyl groups is 1. The topological polar surface area (TPSA) is 32.7 Å². The fourth-order valence-corrected chi connectivity index (χ4v) is 2.52. The first-order valence-electron chi connectivity index (χ1n) is 6.87. The first-order chi connectivity index (χ1) is 8.99. The molecular weight excluding hydrogens is 306 g/mol. The van der Waals surface area contributed by atoms with Gasteiger partial charge < -0.3 is 9.84 Å². The van der Waals surface area contributed by atoms with Gasteiger partial charge >= 0.3 is 0 Å². The Morgan fingerprint density at radius 2 is 2.00 bits per heavy atom. The van der Waals surface area contributed by atoms with Gasteiger partial charge in [-0.2, -0.15) is 0 Å². The van der Waals surface area contributed by atoms with Gasteiger partial charge in [-0.1, -0.05) is 6.92 Å². The van der Waals surface area contributed by atoms with Crippen molar-refractivity contribution in [3.63, 3.8) is 0 Å². The molecule has 1 aromatic rings. The first-order valence-corrected chi connectivity index (χ1v) is 7.67. The summed E-state index contributed by atoms with van der Waals surface area (Å²) in [6.45, 7) is 11.0. The standard InChI is InChI=1S/C15H24BrNO2/c1-5-7-17(11(3)4)10-12-8-13(16)15(18)14(9-12)19-6-2/h8-9,11,18H,5-7,10H2,1-4H3. The van der Waals surface area contributed by atoms with Crippen LogP contribution in [0.25, 0.3) is 0 Å². The van der Waals surface area contributed by atoms with Gasteiger partial charge in [0.1, 0.15) is 0 Å². The normalized spacial score (nSPS) is 11.3. The van der Waals surface area contributed by atoms with E-state index in [9.17, 15) is 5.11 Å². The van der Waals surface area contributed by atoms with Crippen molar-refractivity contribution >= 4 is 15.9 Å². The van der Waals surface area contributed by atoms with Crippen LogP contribution in [0.2, 0.25) is 0 Å². The van der Waals surface area contributed by atoms with Gasteiger partial charge in [0.25, 0.3) is 0 Å². The van der Waals surface area contributed by atoms with Crippen molar-refractivity contribution in [2.45, 2.75) is 46.7 Å². The van der Waals surface area contributed by atoms with Gasteiger partial charge in [0.05, 0.1) is 11.1 Å². The molecule has 0 aliphatic heterocycles. The lowest BCUT2D eigenvalue weighted by Crippen LogP contribution is -2.31. The summed E-state index contributed by atoms with van der Waals surface area (Å²) in [6.07, 6.45) is 1.13. The molecular formula is C15H24BrNO2. The number of phenolic OH excluding ortho intramolecular Hbond substituents is 1. The van der Waals surface area contributed by atoms with E-state index in [1.54, 1.807) is 0 Å². The number of hydrogen-bond donors (Lipinski definition) is 1. The van der Waals surface area contributed by atoms with Crippen LogP contribution in [0, 0.1) is 0 Å². The second kappa shape index (κ2) is 7.75. The molecule has 0 aromatic heterocycles. The highest BCUT2D eigenvalue weighted by molar-refractivity contribution is 9.10. The predicted octanol–water partition coefficient (Wildman–Crippen LogP) is 4.17. The molecule has 0 heterocycles. The fourth-order valence-electron chi connectivity index (χ4n) is 2.03. The number of hydrogen-bond acceptors (Lipinski definition) is 3. The summed E-state index contributed by atoms with van der Waals surface area (Å²) in [5, 5.41) is 9.91. The molecule has 0 saturated carbocycles. The fraction of sp³-hybridized carbons (Fsp3) is 0.600. The third-order valence-electron chi connectivity index (χ3n) is 3.01. The number of phenols is 1. The van der Waals surface area contributed by atoms with Crippen molar-refractivity contribution in [3.05, 3.63) is 22.2 Å². The second-order valence-electron chi connectivity index (χ2n) is 4.92. The molecule has 3 nitrogen and oxygen atoms in total. The van der Waals surface area contributed by atoms with Crippen LogP contribution in [0.1, 0.15) is 39.7 Å². The van der Waals surface area contributed by atoms with E-state index >= 15 is 0 Å². The van der Waals surface area contributed by atoms with Crippen LogP contribution in [0.3, 0.4) is 0 Å². The van der Waals surface area contributed by atoms with E-state index in [0.717, 1.165) is 25.1 Å². The quantitative estimate of drug-likeness (QED) is 0.814. The van der Waals surface area contributed by atoms with Gasteiger partial charge in [0.2, 0.25) is 0 Å². The summed E-state index contributed by atoms with van der Waals surface area (Å²) in [7, 11) is 0. The molecule has 0 spiro atoms. The minimum absolute atomic E-state index is 0.178. The predicted molar refractivity (Wildman–Crippen MR) is 82.8 cm³/mol. The summed E-state index contributed by atoms with van der Waals surface area (Å²) < 4.78 is 6.15. The Morgan fingerprint density at radius 3 is 2.53 bits per heavy atom. The molecule has 0 unspecified atom stereocenters. The van der Waals surface area contributed by atoms with E-state index in [1.165, 1.54) is 0 Å². The molecule has 108 valence electrons. The molecule has 1 N–H and O–H groups in total. The van der Waals surface area contributed by atoms with Crippen molar-refractivity contribution in [1.29, 1.82) is 0 Å².